The summed E-state index contributed by atoms with van der Waals surface area (Å²) in [5.41, 5.74) is 2.02. The second-order valence-corrected chi connectivity index (χ2v) is 8.54. The van der Waals surface area contributed by atoms with Crippen molar-refractivity contribution in [2.24, 2.45) is 0 Å². The van der Waals surface area contributed by atoms with Crippen LogP contribution in [0.25, 0.3) is 27.2 Å². The van der Waals surface area contributed by atoms with Gasteiger partial charge in [-0.15, -0.1) is 0 Å². The third-order valence-corrected chi connectivity index (χ3v) is 6.01. The Hall–Kier alpha value is -3.18. The number of ether oxygens (including phenoxy) is 1. The standard InChI is InChI=1S/C24H31N5O5/c1-27(2)9-8-25-16-5-4-15-17(14-28(10-12-30)11-13-31)26-29-22(15)20(16)24(33)21-19(34-3)7-6-18(32)23(21)29/h4-7,25,30-32H,8-14H2,1-3H3. The van der Waals surface area contributed by atoms with Crippen molar-refractivity contribution in [2.75, 3.05) is 65.9 Å². The number of nitrogens with zero attached hydrogens (tertiary/aromatic N) is 4. The number of anilines is 1. The summed E-state index contributed by atoms with van der Waals surface area (Å²) in [7, 11) is 5.45. The van der Waals surface area contributed by atoms with E-state index in [9.17, 15) is 20.1 Å². The van der Waals surface area contributed by atoms with Crippen LogP contribution in [-0.4, -0.2) is 95.3 Å². The number of phenolic OH excluding ortho intramolecular Hbond substituents is 1. The smallest absolute Gasteiger partial charge is 0.203 e. The molecule has 0 aliphatic heterocycles. The summed E-state index contributed by atoms with van der Waals surface area (Å²) in [6.07, 6.45) is 0. The van der Waals surface area contributed by atoms with Crippen molar-refractivity contribution >= 4 is 32.9 Å². The number of aromatic hydroxyl groups is 1. The lowest BCUT2D eigenvalue weighted by molar-refractivity contribution is 0.155. The second kappa shape index (κ2) is 9.98. The lowest BCUT2D eigenvalue weighted by atomic mass is 10.0. The van der Waals surface area contributed by atoms with Gasteiger partial charge >= 0.3 is 0 Å². The molecule has 2 aromatic heterocycles. The van der Waals surface area contributed by atoms with E-state index in [4.69, 9.17) is 9.84 Å². The molecule has 0 unspecified atom stereocenters. The Bertz CT molecular complexity index is 1350. The monoisotopic (exact) mass is 469 g/mol. The SMILES string of the molecule is COc1ccc(O)c2c1c(=O)c1c(NCCN(C)C)ccc3c(CN(CCO)CCO)nn2c31. The van der Waals surface area contributed by atoms with Crippen LogP contribution in [0.1, 0.15) is 5.69 Å². The summed E-state index contributed by atoms with van der Waals surface area (Å²) in [5, 5.41) is 39.3. The molecule has 0 aliphatic rings. The zero-order valence-corrected chi connectivity index (χ0v) is 19.7. The molecule has 10 heteroatoms. The van der Waals surface area contributed by atoms with Crippen LogP contribution < -0.4 is 15.5 Å². The minimum Gasteiger partial charge on any atom is -0.506 e. The van der Waals surface area contributed by atoms with Gasteiger partial charge in [0, 0.05) is 43.8 Å². The van der Waals surface area contributed by atoms with E-state index in [1.165, 1.54) is 13.2 Å². The molecule has 182 valence electrons. The maximum atomic E-state index is 13.8. The number of fused-ring (bicyclic) bond motifs is 2. The Balaban J connectivity index is 2.02. The fraction of sp³-hybridized carbons (Fsp3) is 0.417. The molecular weight excluding hydrogens is 438 g/mol. The van der Waals surface area contributed by atoms with E-state index in [1.54, 1.807) is 10.6 Å². The lowest BCUT2D eigenvalue weighted by Gasteiger charge is -2.18. The number of likely N-dealkylation sites (N-methyl/N-ethyl adjacent to an activating group) is 1. The van der Waals surface area contributed by atoms with Gasteiger partial charge in [-0.25, -0.2) is 4.52 Å². The molecule has 0 fully saturated rings. The fourth-order valence-electron chi connectivity index (χ4n) is 4.39. The zero-order chi connectivity index (χ0) is 24.4. The Labute approximate surface area is 196 Å². The van der Waals surface area contributed by atoms with E-state index in [0.717, 1.165) is 11.9 Å². The van der Waals surface area contributed by atoms with Gasteiger partial charge in [-0.2, -0.15) is 5.10 Å². The molecule has 0 spiro atoms. The molecule has 0 saturated heterocycles. The van der Waals surface area contributed by atoms with E-state index >= 15 is 0 Å². The molecule has 4 N–H and O–H groups in total. The molecule has 34 heavy (non-hydrogen) atoms. The zero-order valence-electron chi connectivity index (χ0n) is 19.7. The highest BCUT2D eigenvalue weighted by Crippen LogP contribution is 2.37. The maximum absolute atomic E-state index is 13.8. The van der Waals surface area contributed by atoms with Crippen molar-refractivity contribution < 1.29 is 20.1 Å². The van der Waals surface area contributed by atoms with Gasteiger partial charge in [-0.1, -0.05) is 0 Å². The topological polar surface area (TPSA) is 123 Å². The molecule has 0 atom stereocenters. The molecule has 0 amide bonds. The van der Waals surface area contributed by atoms with Crippen LogP contribution >= 0.6 is 0 Å². The Morgan fingerprint density at radius 1 is 1.03 bits per heavy atom. The minimum atomic E-state index is -0.248. The van der Waals surface area contributed by atoms with Crippen molar-refractivity contribution in [3.05, 3.63) is 40.2 Å². The maximum Gasteiger partial charge on any atom is 0.203 e. The number of pyridine rings is 1. The predicted molar refractivity (Wildman–Crippen MR) is 132 cm³/mol. The molecule has 4 rings (SSSR count). The Morgan fingerprint density at radius 2 is 1.76 bits per heavy atom. The molecule has 0 radical (unpaired) electrons. The van der Waals surface area contributed by atoms with Crippen molar-refractivity contribution in [2.45, 2.75) is 6.54 Å². The first-order chi connectivity index (χ1) is 16.4. The van der Waals surface area contributed by atoms with E-state index in [-0.39, 0.29) is 35.3 Å². The van der Waals surface area contributed by atoms with Crippen LogP contribution in [0, 0.1) is 0 Å². The van der Waals surface area contributed by atoms with E-state index < -0.39 is 0 Å². The van der Waals surface area contributed by atoms with Crippen molar-refractivity contribution in [1.29, 1.82) is 0 Å². The highest BCUT2D eigenvalue weighted by molar-refractivity contribution is 6.10. The van der Waals surface area contributed by atoms with Gasteiger partial charge < -0.3 is 30.3 Å². The van der Waals surface area contributed by atoms with Gasteiger partial charge in [-0.05, 0) is 38.4 Å². The molecule has 2 heterocycles. The number of benzene rings is 2. The number of hydrogen-bond acceptors (Lipinski definition) is 9. The number of rotatable bonds is 11. The fourth-order valence-corrected chi connectivity index (χ4v) is 4.39. The third-order valence-electron chi connectivity index (χ3n) is 6.01. The van der Waals surface area contributed by atoms with Crippen LogP contribution in [0.3, 0.4) is 0 Å². The highest BCUT2D eigenvalue weighted by atomic mass is 16.5. The summed E-state index contributed by atoms with van der Waals surface area (Å²) < 4.78 is 7.09. The number of aromatic nitrogens is 2. The van der Waals surface area contributed by atoms with Gasteiger partial charge in [0.05, 0.1) is 42.3 Å². The van der Waals surface area contributed by atoms with Gasteiger partial charge in [0.2, 0.25) is 5.43 Å². The van der Waals surface area contributed by atoms with Gasteiger partial charge in [-0.3, -0.25) is 9.69 Å². The number of aliphatic hydroxyl groups excluding tert-OH is 2. The first-order valence-electron chi connectivity index (χ1n) is 11.2. The average Bonchev–Trinajstić information content (AvgIpc) is 3.16. The first kappa shape index (κ1) is 24.0. The van der Waals surface area contributed by atoms with E-state index in [1.807, 2.05) is 31.1 Å². The van der Waals surface area contributed by atoms with Crippen LogP contribution in [0.5, 0.6) is 11.5 Å². The number of aliphatic hydroxyl groups is 2. The Kier molecular flexibility index (Phi) is 7.03. The first-order valence-corrected chi connectivity index (χ1v) is 11.2. The van der Waals surface area contributed by atoms with Gasteiger partial charge in [0.15, 0.2) is 0 Å². The molecule has 0 bridgehead atoms. The molecular formula is C24H31N5O5. The van der Waals surface area contributed by atoms with E-state index in [2.05, 4.69) is 10.2 Å². The Morgan fingerprint density at radius 3 is 2.41 bits per heavy atom. The lowest BCUT2D eigenvalue weighted by Crippen LogP contribution is -2.29. The second-order valence-electron chi connectivity index (χ2n) is 8.54. The molecule has 0 aliphatic carbocycles. The predicted octanol–water partition coefficient (Wildman–Crippen LogP) is 0.913. The van der Waals surface area contributed by atoms with Crippen LogP contribution in [-0.2, 0) is 6.54 Å². The molecule has 4 aromatic rings. The van der Waals surface area contributed by atoms with E-state index in [0.29, 0.717) is 54.2 Å². The van der Waals surface area contributed by atoms with Crippen molar-refractivity contribution in [3.63, 3.8) is 0 Å². The summed E-state index contributed by atoms with van der Waals surface area (Å²) in [6, 6.07) is 6.86. The largest absolute Gasteiger partial charge is 0.506 e. The van der Waals surface area contributed by atoms with Crippen molar-refractivity contribution in [3.8, 4) is 11.5 Å². The number of phenols is 1. The third kappa shape index (κ3) is 4.21. The summed E-state index contributed by atoms with van der Waals surface area (Å²) in [5.74, 6) is 0.290. The number of hydrogen-bond donors (Lipinski definition) is 4. The average molecular weight is 470 g/mol. The minimum absolute atomic E-state index is 0.0524. The van der Waals surface area contributed by atoms with Gasteiger partial charge in [0.25, 0.3) is 0 Å². The number of methoxy groups -OCH3 is 1. The summed E-state index contributed by atoms with van der Waals surface area (Å²) in [4.78, 5) is 17.8. The summed E-state index contributed by atoms with van der Waals surface area (Å²) >= 11 is 0. The van der Waals surface area contributed by atoms with Crippen LogP contribution in [0.4, 0.5) is 5.69 Å². The number of nitrogens with one attached hydrogen (secondary N) is 1. The molecule has 0 saturated carbocycles. The van der Waals surface area contributed by atoms with Crippen LogP contribution in [0.2, 0.25) is 0 Å². The van der Waals surface area contributed by atoms with Crippen LogP contribution in [0.15, 0.2) is 29.1 Å². The summed E-state index contributed by atoms with van der Waals surface area (Å²) in [6.45, 7) is 2.44. The van der Waals surface area contributed by atoms with Crippen molar-refractivity contribution in [1.82, 2.24) is 19.4 Å². The normalized spacial score (nSPS) is 12.1. The van der Waals surface area contributed by atoms with Gasteiger partial charge in [0.1, 0.15) is 17.0 Å². The molecule has 10 nitrogen and oxygen atoms in total. The molecule has 2 aromatic carbocycles. The quantitative estimate of drug-likeness (QED) is 0.237. The highest BCUT2D eigenvalue weighted by Gasteiger charge is 2.24.